The van der Waals surface area contributed by atoms with Crippen molar-refractivity contribution in [3.8, 4) is 0 Å². The zero-order chi connectivity index (χ0) is 15.5. The molecule has 1 saturated heterocycles. The second-order valence-electron chi connectivity index (χ2n) is 5.87. The molecule has 2 heterocycles. The van der Waals surface area contributed by atoms with Gasteiger partial charge in [0, 0.05) is 19.6 Å². The maximum atomic E-state index is 12.2. The van der Waals surface area contributed by atoms with E-state index in [1.807, 2.05) is 12.3 Å². The minimum absolute atomic E-state index is 0.107. The summed E-state index contributed by atoms with van der Waals surface area (Å²) in [6.07, 6.45) is 0.646. The molecule has 0 aromatic carbocycles. The number of carbonyl (C=O) groups is 2. The van der Waals surface area contributed by atoms with E-state index in [2.05, 4.69) is 23.7 Å². The smallest absolute Gasteiger partial charge is 0.317 e. The zero-order valence-electron chi connectivity index (χ0n) is 12.7. The topological polar surface area (TPSA) is 58.6 Å². The molecule has 2 rings (SSSR count). The van der Waals surface area contributed by atoms with Gasteiger partial charge in [-0.1, -0.05) is 6.92 Å². The number of hydrogen-bond donors (Lipinski definition) is 1. The van der Waals surface area contributed by atoms with Gasteiger partial charge in [0.05, 0.1) is 12.5 Å². The Bertz CT molecular complexity index is 503. The van der Waals surface area contributed by atoms with Crippen LogP contribution in [-0.4, -0.2) is 43.6 Å². The van der Waals surface area contributed by atoms with Crippen molar-refractivity contribution in [3.63, 3.8) is 0 Å². The molecular formula is C15H22N2O3S. The van der Waals surface area contributed by atoms with Crippen LogP contribution >= 0.6 is 11.3 Å². The van der Waals surface area contributed by atoms with Crippen LogP contribution in [-0.2, 0) is 9.53 Å². The summed E-state index contributed by atoms with van der Waals surface area (Å²) in [5, 5.41) is 7.08. The van der Waals surface area contributed by atoms with Gasteiger partial charge in [-0.05, 0) is 41.7 Å². The van der Waals surface area contributed by atoms with Crippen LogP contribution in [0.15, 0.2) is 16.8 Å². The Balaban J connectivity index is 1.84. The van der Waals surface area contributed by atoms with Gasteiger partial charge < -0.3 is 15.0 Å². The zero-order valence-corrected chi connectivity index (χ0v) is 13.5. The van der Waals surface area contributed by atoms with Crippen LogP contribution in [0.4, 0.5) is 4.79 Å². The molecule has 2 amide bonds. The average molecular weight is 310 g/mol. The lowest BCUT2D eigenvalue weighted by Gasteiger charge is -2.22. The third-order valence-corrected chi connectivity index (χ3v) is 4.81. The van der Waals surface area contributed by atoms with Crippen molar-refractivity contribution in [2.45, 2.75) is 26.2 Å². The summed E-state index contributed by atoms with van der Waals surface area (Å²) < 4.78 is 4.82. The maximum absolute atomic E-state index is 12.2. The summed E-state index contributed by atoms with van der Waals surface area (Å²) >= 11 is 1.66. The van der Waals surface area contributed by atoms with E-state index in [4.69, 9.17) is 4.74 Å². The molecule has 0 spiro atoms. The second-order valence-corrected chi connectivity index (χ2v) is 6.65. The molecule has 2 unspecified atom stereocenters. The summed E-state index contributed by atoms with van der Waals surface area (Å²) in [4.78, 5) is 25.6. The summed E-state index contributed by atoms with van der Waals surface area (Å²) in [5.74, 6) is 0.0410. The first-order valence-electron chi connectivity index (χ1n) is 7.09. The predicted molar refractivity (Wildman–Crippen MR) is 82.4 cm³/mol. The molecule has 6 heteroatoms. The highest BCUT2D eigenvalue weighted by Gasteiger charge is 2.42. The first-order chi connectivity index (χ1) is 9.96. The van der Waals surface area contributed by atoms with Crippen molar-refractivity contribution in [1.29, 1.82) is 0 Å². The van der Waals surface area contributed by atoms with E-state index >= 15 is 0 Å². The van der Waals surface area contributed by atoms with E-state index in [0.717, 1.165) is 0 Å². The number of esters is 1. The fourth-order valence-corrected chi connectivity index (χ4v) is 3.36. The van der Waals surface area contributed by atoms with Crippen molar-refractivity contribution in [2.75, 3.05) is 26.7 Å². The van der Waals surface area contributed by atoms with Crippen LogP contribution in [0.3, 0.4) is 0 Å². The molecule has 5 nitrogen and oxygen atoms in total. The number of carbonyl (C=O) groups excluding carboxylic acids is 2. The molecule has 1 aromatic rings. The summed E-state index contributed by atoms with van der Waals surface area (Å²) in [6.45, 7) is 5.54. The minimum Gasteiger partial charge on any atom is -0.469 e. The van der Waals surface area contributed by atoms with Gasteiger partial charge in [-0.15, -0.1) is 0 Å². The van der Waals surface area contributed by atoms with E-state index in [1.54, 1.807) is 16.2 Å². The fraction of sp³-hybridized carbons (Fsp3) is 0.600. The number of amides is 2. The minimum atomic E-state index is -0.578. The van der Waals surface area contributed by atoms with Crippen LogP contribution in [0.2, 0.25) is 0 Å². The van der Waals surface area contributed by atoms with Gasteiger partial charge in [-0.3, -0.25) is 4.79 Å². The second kappa shape index (κ2) is 6.47. The monoisotopic (exact) mass is 310 g/mol. The Morgan fingerprint density at radius 2 is 2.33 bits per heavy atom. The Kier molecular flexibility index (Phi) is 4.88. The van der Waals surface area contributed by atoms with Gasteiger partial charge in [0.1, 0.15) is 0 Å². The number of nitrogens with one attached hydrogen (secondary N) is 1. The predicted octanol–water partition coefficient (Wildman–Crippen LogP) is 2.45. The van der Waals surface area contributed by atoms with Gasteiger partial charge in [0.2, 0.25) is 0 Å². The number of ether oxygens (including phenoxy) is 1. The highest BCUT2D eigenvalue weighted by atomic mass is 32.1. The van der Waals surface area contributed by atoms with Gasteiger partial charge in [0.15, 0.2) is 0 Å². The fourth-order valence-electron chi connectivity index (χ4n) is 2.57. The molecule has 0 bridgehead atoms. The lowest BCUT2D eigenvalue weighted by atomic mass is 9.90. The van der Waals surface area contributed by atoms with Crippen molar-refractivity contribution in [3.05, 3.63) is 22.4 Å². The summed E-state index contributed by atoms with van der Waals surface area (Å²) in [6, 6.07) is 1.97. The van der Waals surface area contributed by atoms with E-state index in [-0.39, 0.29) is 17.9 Å². The molecule has 1 fully saturated rings. The standard InChI is InChI=1S/C15H22N2O3S/c1-11(12-4-7-21-9-12)8-16-14(19)17-6-5-15(2,10-17)13(18)20-3/h4,7,9,11H,5-6,8,10H2,1-3H3,(H,16,19). The molecule has 2 atom stereocenters. The molecule has 21 heavy (non-hydrogen) atoms. The molecular weight excluding hydrogens is 288 g/mol. The van der Waals surface area contributed by atoms with E-state index < -0.39 is 5.41 Å². The number of urea groups is 1. The van der Waals surface area contributed by atoms with Gasteiger partial charge in [0.25, 0.3) is 0 Å². The molecule has 0 saturated carbocycles. The lowest BCUT2D eigenvalue weighted by Crippen LogP contribution is -2.42. The lowest BCUT2D eigenvalue weighted by molar-refractivity contribution is -0.150. The highest BCUT2D eigenvalue weighted by Crippen LogP contribution is 2.31. The first-order valence-corrected chi connectivity index (χ1v) is 8.04. The van der Waals surface area contributed by atoms with Crippen molar-refractivity contribution in [1.82, 2.24) is 10.2 Å². The Hall–Kier alpha value is -1.56. The van der Waals surface area contributed by atoms with Crippen molar-refractivity contribution in [2.24, 2.45) is 5.41 Å². The van der Waals surface area contributed by atoms with E-state index in [0.29, 0.717) is 26.1 Å². The van der Waals surface area contributed by atoms with Crippen LogP contribution in [0.25, 0.3) is 0 Å². The molecule has 116 valence electrons. The third kappa shape index (κ3) is 3.56. The van der Waals surface area contributed by atoms with Crippen LogP contribution in [0.1, 0.15) is 31.7 Å². The van der Waals surface area contributed by atoms with Crippen LogP contribution < -0.4 is 5.32 Å². The Morgan fingerprint density at radius 3 is 2.95 bits per heavy atom. The number of rotatable bonds is 4. The van der Waals surface area contributed by atoms with Gasteiger partial charge >= 0.3 is 12.0 Å². The number of nitrogens with zero attached hydrogens (tertiary/aromatic N) is 1. The van der Waals surface area contributed by atoms with Gasteiger partial charge in [-0.2, -0.15) is 11.3 Å². The summed E-state index contributed by atoms with van der Waals surface area (Å²) in [7, 11) is 1.39. The van der Waals surface area contributed by atoms with Crippen molar-refractivity contribution >= 4 is 23.3 Å². The molecule has 0 radical (unpaired) electrons. The number of thiophene rings is 1. The number of likely N-dealkylation sites (tertiary alicyclic amines) is 1. The molecule has 1 N–H and O–H groups in total. The average Bonchev–Trinajstić information content (AvgIpc) is 3.13. The Morgan fingerprint density at radius 1 is 1.57 bits per heavy atom. The SMILES string of the molecule is COC(=O)C1(C)CCN(C(=O)NCC(C)c2ccsc2)C1. The molecule has 1 aliphatic rings. The highest BCUT2D eigenvalue weighted by molar-refractivity contribution is 7.07. The van der Waals surface area contributed by atoms with Crippen LogP contribution in [0.5, 0.6) is 0 Å². The van der Waals surface area contributed by atoms with E-state index in [9.17, 15) is 9.59 Å². The van der Waals surface area contributed by atoms with E-state index in [1.165, 1.54) is 12.7 Å². The molecule has 1 aliphatic heterocycles. The molecule has 0 aliphatic carbocycles. The Labute approximate surface area is 129 Å². The third-order valence-electron chi connectivity index (χ3n) is 4.11. The summed E-state index contributed by atoms with van der Waals surface area (Å²) in [5.41, 5.74) is 0.659. The normalized spacial score (nSPS) is 22.9. The first kappa shape index (κ1) is 15.8. The number of methoxy groups -OCH3 is 1. The molecule has 1 aromatic heterocycles. The van der Waals surface area contributed by atoms with Crippen molar-refractivity contribution < 1.29 is 14.3 Å². The van der Waals surface area contributed by atoms with Crippen LogP contribution in [0, 0.1) is 5.41 Å². The quantitative estimate of drug-likeness (QED) is 0.869. The largest absolute Gasteiger partial charge is 0.469 e. The maximum Gasteiger partial charge on any atom is 0.317 e. The number of hydrogen-bond acceptors (Lipinski definition) is 4. The van der Waals surface area contributed by atoms with Gasteiger partial charge in [-0.25, -0.2) is 4.79 Å².